The summed E-state index contributed by atoms with van der Waals surface area (Å²) in [6, 6.07) is 4.22. The van der Waals surface area contributed by atoms with Gasteiger partial charge in [-0.15, -0.1) is 0 Å². The number of imidazole rings is 2. The van der Waals surface area contributed by atoms with Crippen molar-refractivity contribution in [2.75, 3.05) is 7.05 Å². The van der Waals surface area contributed by atoms with Gasteiger partial charge in [0.2, 0.25) is 5.78 Å². The highest BCUT2D eigenvalue weighted by Crippen LogP contribution is 2.25. The molecule has 0 aliphatic heterocycles. The van der Waals surface area contributed by atoms with E-state index in [9.17, 15) is 0 Å². The van der Waals surface area contributed by atoms with Crippen molar-refractivity contribution in [1.29, 1.82) is 0 Å². The third-order valence-electron chi connectivity index (χ3n) is 3.30. The highest BCUT2D eigenvalue weighted by Gasteiger charge is 2.13. The van der Waals surface area contributed by atoms with E-state index in [1.165, 1.54) is 11.3 Å². The fourth-order valence-electron chi connectivity index (χ4n) is 2.38. The van der Waals surface area contributed by atoms with Crippen LogP contribution in [-0.2, 0) is 13.6 Å². The maximum Gasteiger partial charge on any atom is 0.214 e. The fraction of sp³-hybridized carbons (Fsp3) is 0.308. The molecule has 0 bridgehead atoms. The summed E-state index contributed by atoms with van der Waals surface area (Å²) in [5.74, 6) is 0.983. The monoisotopic (exact) mass is 306 g/mol. The van der Waals surface area contributed by atoms with Crippen LogP contribution in [0, 0.1) is 6.92 Å². The summed E-state index contributed by atoms with van der Waals surface area (Å²) in [4.78, 5) is 4.74. The zero-order chi connectivity index (χ0) is 12.9. The summed E-state index contributed by atoms with van der Waals surface area (Å²) in [6.07, 6.45) is 2.15. The zero-order valence-corrected chi connectivity index (χ0v) is 12.2. The van der Waals surface area contributed by atoms with E-state index in [0.29, 0.717) is 0 Å². The van der Waals surface area contributed by atoms with E-state index in [4.69, 9.17) is 4.98 Å². The van der Waals surface area contributed by atoms with Crippen LogP contribution in [0.4, 0.5) is 0 Å². The first-order valence-electron chi connectivity index (χ1n) is 5.89. The van der Waals surface area contributed by atoms with Crippen LogP contribution in [-0.4, -0.2) is 21.0 Å². The Morgan fingerprint density at radius 1 is 1.39 bits per heavy atom. The molecule has 0 atom stereocenters. The van der Waals surface area contributed by atoms with Gasteiger partial charge in [0.15, 0.2) is 0 Å². The zero-order valence-electron chi connectivity index (χ0n) is 10.7. The molecule has 0 fully saturated rings. The Labute approximate surface area is 114 Å². The molecule has 18 heavy (non-hydrogen) atoms. The molecule has 0 unspecified atom stereocenters. The number of nitrogens with one attached hydrogen (secondary N) is 1. The summed E-state index contributed by atoms with van der Waals surface area (Å²) < 4.78 is 5.37. The number of aromatic nitrogens is 3. The summed E-state index contributed by atoms with van der Waals surface area (Å²) in [7, 11) is 4.01. The van der Waals surface area contributed by atoms with E-state index < -0.39 is 0 Å². The molecule has 1 N–H and O–H groups in total. The molecule has 0 aliphatic carbocycles. The Hall–Kier alpha value is -1.33. The largest absolute Gasteiger partial charge is 0.316 e. The van der Waals surface area contributed by atoms with Crippen molar-refractivity contribution in [2.45, 2.75) is 13.5 Å². The van der Waals surface area contributed by atoms with Gasteiger partial charge in [-0.25, -0.2) is 4.98 Å². The van der Waals surface area contributed by atoms with Crippen LogP contribution in [0.3, 0.4) is 0 Å². The molecule has 4 nitrogen and oxygen atoms in total. The van der Waals surface area contributed by atoms with Crippen LogP contribution in [0.2, 0.25) is 0 Å². The number of halogens is 1. The lowest BCUT2D eigenvalue weighted by molar-refractivity contribution is 0.742. The molecule has 0 spiro atoms. The normalized spacial score (nSPS) is 11.8. The van der Waals surface area contributed by atoms with Crippen molar-refractivity contribution in [1.82, 2.24) is 19.3 Å². The van der Waals surface area contributed by atoms with E-state index in [1.807, 2.05) is 7.05 Å². The lowest BCUT2D eigenvalue weighted by Gasteiger charge is -2.00. The SMILES string of the molecule is CNCc1cn2c3cc(Br)cc(C)c3nc2n1C. The second-order valence-corrected chi connectivity index (χ2v) is 5.50. The van der Waals surface area contributed by atoms with Crippen molar-refractivity contribution in [2.24, 2.45) is 7.05 Å². The second kappa shape index (κ2) is 4.10. The fourth-order valence-corrected chi connectivity index (χ4v) is 2.94. The van der Waals surface area contributed by atoms with E-state index in [2.05, 4.69) is 62.5 Å². The summed E-state index contributed by atoms with van der Waals surface area (Å²) >= 11 is 3.55. The maximum atomic E-state index is 4.74. The number of benzene rings is 1. The van der Waals surface area contributed by atoms with Gasteiger partial charge in [-0.2, -0.15) is 0 Å². The van der Waals surface area contributed by atoms with E-state index >= 15 is 0 Å². The average molecular weight is 307 g/mol. The third kappa shape index (κ3) is 1.58. The lowest BCUT2D eigenvalue weighted by Crippen LogP contribution is -2.08. The predicted octanol–water partition coefficient (Wildman–Crippen LogP) is 2.62. The molecule has 0 amide bonds. The smallest absolute Gasteiger partial charge is 0.214 e. The Morgan fingerprint density at radius 2 is 2.17 bits per heavy atom. The molecule has 2 aromatic heterocycles. The van der Waals surface area contributed by atoms with E-state index in [1.54, 1.807) is 0 Å². The molecule has 3 aromatic rings. The Morgan fingerprint density at radius 3 is 2.89 bits per heavy atom. The van der Waals surface area contributed by atoms with Crippen LogP contribution >= 0.6 is 15.9 Å². The minimum atomic E-state index is 0.842. The number of fused-ring (bicyclic) bond motifs is 3. The Balaban J connectivity index is 2.38. The standard InChI is InChI=1S/C13H15BrN4/c1-8-4-9(14)5-11-12(8)16-13-17(3)10(6-15-2)7-18(11)13/h4-5,7,15H,6H2,1-3H3. The van der Waals surface area contributed by atoms with Crippen LogP contribution in [0.15, 0.2) is 22.8 Å². The molecule has 5 heteroatoms. The summed E-state index contributed by atoms with van der Waals surface area (Å²) in [5, 5.41) is 3.18. The van der Waals surface area contributed by atoms with Crippen molar-refractivity contribution in [3.63, 3.8) is 0 Å². The molecule has 0 saturated carbocycles. The Kier molecular flexibility index (Phi) is 2.68. The van der Waals surface area contributed by atoms with Crippen molar-refractivity contribution in [3.8, 4) is 0 Å². The predicted molar refractivity (Wildman–Crippen MR) is 76.9 cm³/mol. The van der Waals surface area contributed by atoms with Gasteiger partial charge in [0.1, 0.15) is 0 Å². The third-order valence-corrected chi connectivity index (χ3v) is 3.76. The van der Waals surface area contributed by atoms with Gasteiger partial charge in [0.05, 0.1) is 16.7 Å². The molecule has 0 radical (unpaired) electrons. The van der Waals surface area contributed by atoms with Gasteiger partial charge in [-0.3, -0.25) is 4.40 Å². The Bertz CT molecular complexity index is 738. The number of rotatable bonds is 2. The molecule has 0 aliphatic rings. The minimum Gasteiger partial charge on any atom is -0.316 e. The van der Waals surface area contributed by atoms with Gasteiger partial charge in [-0.1, -0.05) is 15.9 Å². The molecule has 0 saturated heterocycles. The first-order chi connectivity index (χ1) is 8.61. The van der Waals surface area contributed by atoms with Crippen molar-refractivity contribution >= 4 is 32.7 Å². The van der Waals surface area contributed by atoms with Crippen LogP contribution in [0.1, 0.15) is 11.3 Å². The van der Waals surface area contributed by atoms with Crippen molar-refractivity contribution < 1.29 is 0 Å². The second-order valence-electron chi connectivity index (χ2n) is 4.58. The molecule has 3 rings (SSSR count). The topological polar surface area (TPSA) is 34.3 Å². The van der Waals surface area contributed by atoms with Crippen LogP contribution < -0.4 is 5.32 Å². The van der Waals surface area contributed by atoms with Gasteiger partial charge >= 0.3 is 0 Å². The van der Waals surface area contributed by atoms with Gasteiger partial charge in [0, 0.05) is 24.3 Å². The molecular formula is C13H15BrN4. The minimum absolute atomic E-state index is 0.842. The van der Waals surface area contributed by atoms with E-state index in [-0.39, 0.29) is 0 Å². The van der Waals surface area contributed by atoms with Gasteiger partial charge in [0.25, 0.3) is 0 Å². The maximum absolute atomic E-state index is 4.74. The van der Waals surface area contributed by atoms with Crippen LogP contribution in [0.25, 0.3) is 16.8 Å². The summed E-state index contributed by atoms with van der Waals surface area (Å²) in [6.45, 7) is 2.93. The van der Waals surface area contributed by atoms with Gasteiger partial charge in [-0.05, 0) is 31.7 Å². The molecular weight excluding hydrogens is 292 g/mol. The number of hydrogen-bond donors (Lipinski definition) is 1. The highest BCUT2D eigenvalue weighted by atomic mass is 79.9. The van der Waals surface area contributed by atoms with Gasteiger partial charge < -0.3 is 9.88 Å². The van der Waals surface area contributed by atoms with Crippen molar-refractivity contribution in [3.05, 3.63) is 34.1 Å². The first kappa shape index (κ1) is 11.7. The number of hydrogen-bond acceptors (Lipinski definition) is 2. The molecule has 2 heterocycles. The highest BCUT2D eigenvalue weighted by molar-refractivity contribution is 9.10. The molecule has 94 valence electrons. The quantitative estimate of drug-likeness (QED) is 0.790. The van der Waals surface area contributed by atoms with Crippen LogP contribution in [0.5, 0.6) is 0 Å². The lowest BCUT2D eigenvalue weighted by atomic mass is 10.2. The van der Waals surface area contributed by atoms with E-state index in [0.717, 1.165) is 27.8 Å². The number of nitrogens with zero attached hydrogens (tertiary/aromatic N) is 3. The molecule has 1 aromatic carbocycles. The number of aryl methyl sites for hydroxylation is 2. The summed E-state index contributed by atoms with van der Waals surface area (Å²) in [5.41, 5.74) is 4.63. The first-order valence-corrected chi connectivity index (χ1v) is 6.68. The average Bonchev–Trinajstić information content (AvgIpc) is 2.80.